The number of carbonyl (C=O) groups is 1. The Kier molecular flexibility index (Phi) is 3.60. The fourth-order valence-electron chi connectivity index (χ4n) is 2.60. The lowest BCUT2D eigenvalue weighted by atomic mass is 10.2. The first-order chi connectivity index (χ1) is 9.78. The molecule has 20 heavy (non-hydrogen) atoms. The van der Waals surface area contributed by atoms with Crippen LogP contribution in [0, 0.1) is 0 Å². The van der Waals surface area contributed by atoms with Gasteiger partial charge in [-0.2, -0.15) is 0 Å². The number of ether oxygens (including phenoxy) is 2. The van der Waals surface area contributed by atoms with Crippen LogP contribution in [0.2, 0.25) is 0 Å². The molecule has 0 aliphatic carbocycles. The van der Waals surface area contributed by atoms with Gasteiger partial charge in [0.25, 0.3) is 0 Å². The quantitative estimate of drug-likeness (QED) is 0.847. The molecule has 1 amide bonds. The van der Waals surface area contributed by atoms with Crippen molar-refractivity contribution in [1.29, 1.82) is 0 Å². The monoisotopic (exact) mass is 275 g/mol. The van der Waals surface area contributed by atoms with Gasteiger partial charge < -0.3 is 19.5 Å². The van der Waals surface area contributed by atoms with Crippen LogP contribution in [-0.2, 0) is 4.79 Å². The van der Waals surface area contributed by atoms with Crippen LogP contribution in [0.5, 0.6) is 11.5 Å². The summed E-state index contributed by atoms with van der Waals surface area (Å²) in [5.41, 5.74) is 0.891. The summed E-state index contributed by atoms with van der Waals surface area (Å²) < 4.78 is 10.5. The van der Waals surface area contributed by atoms with Crippen LogP contribution in [0.4, 0.5) is 0 Å². The molecule has 0 bridgehead atoms. The second-order valence-corrected chi connectivity index (χ2v) is 4.96. The van der Waals surface area contributed by atoms with Gasteiger partial charge in [0.15, 0.2) is 11.5 Å². The topological polar surface area (TPSA) is 59.0 Å². The number of aliphatic hydroxyl groups excluding tert-OH is 1. The Morgan fingerprint density at radius 3 is 3.10 bits per heavy atom. The van der Waals surface area contributed by atoms with E-state index in [1.807, 2.05) is 18.2 Å². The van der Waals surface area contributed by atoms with Crippen LogP contribution in [0.25, 0.3) is 6.08 Å². The van der Waals surface area contributed by atoms with Gasteiger partial charge >= 0.3 is 0 Å². The molecule has 0 aromatic heterocycles. The normalized spacial score (nSPS) is 20.9. The standard InChI is InChI=1S/C15H17NO4/c17-9-12-2-1-7-16(12)15(18)6-4-11-3-5-13-14(8-11)20-10-19-13/h3-6,8,12,17H,1-2,7,9-10H2/t12-/m1/s1. The van der Waals surface area contributed by atoms with Crippen molar-refractivity contribution in [1.82, 2.24) is 4.90 Å². The fourth-order valence-corrected chi connectivity index (χ4v) is 2.60. The molecule has 1 saturated heterocycles. The van der Waals surface area contributed by atoms with Crippen LogP contribution >= 0.6 is 0 Å². The SMILES string of the molecule is O=C(C=Cc1ccc2c(c1)OCO2)N1CCC[C@@H]1CO. The van der Waals surface area contributed by atoms with Gasteiger partial charge in [0.05, 0.1) is 12.6 Å². The number of rotatable bonds is 3. The molecule has 2 aliphatic heterocycles. The van der Waals surface area contributed by atoms with Gasteiger partial charge in [-0.15, -0.1) is 0 Å². The highest BCUT2D eigenvalue weighted by molar-refractivity contribution is 5.92. The molecule has 3 rings (SSSR count). The van der Waals surface area contributed by atoms with Crippen LogP contribution in [0.15, 0.2) is 24.3 Å². The van der Waals surface area contributed by atoms with E-state index in [4.69, 9.17) is 9.47 Å². The molecule has 1 aromatic carbocycles. The van der Waals surface area contributed by atoms with Crippen molar-refractivity contribution in [2.45, 2.75) is 18.9 Å². The van der Waals surface area contributed by atoms with E-state index >= 15 is 0 Å². The van der Waals surface area contributed by atoms with Gasteiger partial charge in [0, 0.05) is 12.6 Å². The van der Waals surface area contributed by atoms with Crippen molar-refractivity contribution in [2.75, 3.05) is 19.9 Å². The maximum atomic E-state index is 12.1. The molecular weight excluding hydrogens is 258 g/mol. The van der Waals surface area contributed by atoms with Gasteiger partial charge in [-0.05, 0) is 36.6 Å². The Morgan fingerprint density at radius 1 is 1.40 bits per heavy atom. The molecule has 1 aromatic rings. The second-order valence-electron chi connectivity index (χ2n) is 4.96. The summed E-state index contributed by atoms with van der Waals surface area (Å²) in [6.07, 6.45) is 5.14. The number of nitrogens with zero attached hydrogens (tertiary/aromatic N) is 1. The summed E-state index contributed by atoms with van der Waals surface area (Å²) in [5.74, 6) is 1.38. The minimum Gasteiger partial charge on any atom is -0.454 e. The average molecular weight is 275 g/mol. The highest BCUT2D eigenvalue weighted by Crippen LogP contribution is 2.32. The molecule has 2 heterocycles. The molecule has 0 saturated carbocycles. The molecule has 0 radical (unpaired) electrons. The maximum absolute atomic E-state index is 12.1. The molecule has 1 atom stereocenters. The number of amides is 1. The van der Waals surface area contributed by atoms with E-state index in [0.717, 1.165) is 30.7 Å². The number of carbonyl (C=O) groups excluding carboxylic acids is 1. The van der Waals surface area contributed by atoms with Crippen molar-refractivity contribution in [2.24, 2.45) is 0 Å². The Balaban J connectivity index is 1.69. The molecule has 5 nitrogen and oxygen atoms in total. The molecule has 0 spiro atoms. The summed E-state index contributed by atoms with van der Waals surface area (Å²) in [6, 6.07) is 5.52. The van der Waals surface area contributed by atoms with Crippen molar-refractivity contribution >= 4 is 12.0 Å². The van der Waals surface area contributed by atoms with Crippen molar-refractivity contribution < 1.29 is 19.4 Å². The summed E-state index contributed by atoms with van der Waals surface area (Å²) in [6.45, 7) is 0.993. The van der Waals surface area contributed by atoms with E-state index in [1.54, 1.807) is 17.1 Å². The van der Waals surface area contributed by atoms with Gasteiger partial charge in [-0.3, -0.25) is 4.79 Å². The molecule has 106 valence electrons. The minimum atomic E-state index is -0.0563. The molecule has 5 heteroatoms. The van der Waals surface area contributed by atoms with Gasteiger partial charge in [0.1, 0.15) is 0 Å². The maximum Gasteiger partial charge on any atom is 0.246 e. The summed E-state index contributed by atoms with van der Waals surface area (Å²) in [4.78, 5) is 13.8. The number of hydrogen-bond acceptors (Lipinski definition) is 4. The zero-order chi connectivity index (χ0) is 13.9. The molecule has 2 aliphatic rings. The van der Waals surface area contributed by atoms with Crippen LogP contribution in [0.3, 0.4) is 0 Å². The number of benzene rings is 1. The van der Waals surface area contributed by atoms with Crippen LogP contribution in [0.1, 0.15) is 18.4 Å². The molecular formula is C15H17NO4. The number of aliphatic hydroxyl groups is 1. The smallest absolute Gasteiger partial charge is 0.246 e. The third-order valence-corrected chi connectivity index (χ3v) is 3.69. The van der Waals surface area contributed by atoms with Crippen molar-refractivity contribution in [3.8, 4) is 11.5 Å². The fraction of sp³-hybridized carbons (Fsp3) is 0.400. The van der Waals surface area contributed by atoms with E-state index < -0.39 is 0 Å². The van der Waals surface area contributed by atoms with E-state index in [1.165, 1.54) is 0 Å². The van der Waals surface area contributed by atoms with Crippen LogP contribution < -0.4 is 9.47 Å². The highest BCUT2D eigenvalue weighted by Gasteiger charge is 2.26. The predicted molar refractivity (Wildman–Crippen MR) is 73.4 cm³/mol. The zero-order valence-corrected chi connectivity index (χ0v) is 11.1. The summed E-state index contributed by atoms with van der Waals surface area (Å²) in [5, 5.41) is 9.23. The lowest BCUT2D eigenvalue weighted by Gasteiger charge is -2.21. The first-order valence-electron chi connectivity index (χ1n) is 6.77. The largest absolute Gasteiger partial charge is 0.454 e. The summed E-state index contributed by atoms with van der Waals surface area (Å²) >= 11 is 0. The molecule has 1 fully saturated rings. The lowest BCUT2D eigenvalue weighted by molar-refractivity contribution is -0.127. The highest BCUT2D eigenvalue weighted by atomic mass is 16.7. The number of fused-ring (bicyclic) bond motifs is 1. The van der Waals surface area contributed by atoms with Gasteiger partial charge in [-0.1, -0.05) is 6.07 Å². The Morgan fingerprint density at radius 2 is 2.25 bits per heavy atom. The van der Waals surface area contributed by atoms with Crippen molar-refractivity contribution in [3.63, 3.8) is 0 Å². The lowest BCUT2D eigenvalue weighted by Crippen LogP contribution is -2.36. The van der Waals surface area contributed by atoms with Crippen molar-refractivity contribution in [3.05, 3.63) is 29.8 Å². The van der Waals surface area contributed by atoms with Gasteiger partial charge in [-0.25, -0.2) is 0 Å². The van der Waals surface area contributed by atoms with E-state index in [9.17, 15) is 9.90 Å². The van der Waals surface area contributed by atoms with Crippen LogP contribution in [-0.4, -0.2) is 41.9 Å². The first kappa shape index (κ1) is 13.0. The summed E-state index contributed by atoms with van der Waals surface area (Å²) in [7, 11) is 0. The second kappa shape index (κ2) is 5.54. The number of hydrogen-bond donors (Lipinski definition) is 1. The molecule has 1 N–H and O–H groups in total. The minimum absolute atomic E-state index is 0.0314. The third kappa shape index (κ3) is 2.49. The van der Waals surface area contributed by atoms with E-state index in [-0.39, 0.29) is 25.3 Å². The van der Waals surface area contributed by atoms with E-state index in [2.05, 4.69) is 0 Å². The Labute approximate surface area is 117 Å². The third-order valence-electron chi connectivity index (χ3n) is 3.69. The Bertz CT molecular complexity index is 541. The Hall–Kier alpha value is -2.01. The van der Waals surface area contributed by atoms with Gasteiger partial charge in [0.2, 0.25) is 12.7 Å². The zero-order valence-electron chi connectivity index (χ0n) is 11.1. The number of likely N-dealkylation sites (tertiary alicyclic amines) is 1. The average Bonchev–Trinajstić information content (AvgIpc) is 3.12. The first-order valence-corrected chi connectivity index (χ1v) is 6.77. The predicted octanol–water partition coefficient (Wildman–Crippen LogP) is 1.41. The molecule has 0 unspecified atom stereocenters. The van der Waals surface area contributed by atoms with E-state index in [0.29, 0.717) is 5.75 Å².